The van der Waals surface area contributed by atoms with E-state index >= 15 is 0 Å². The van der Waals surface area contributed by atoms with E-state index in [0.717, 1.165) is 40.4 Å². The summed E-state index contributed by atoms with van der Waals surface area (Å²) in [4.78, 5) is 2.10. The number of thiocarbonyl (C=S) groups is 1. The summed E-state index contributed by atoms with van der Waals surface area (Å²) in [6, 6.07) is 4.11. The molecule has 6 heteroatoms. The van der Waals surface area contributed by atoms with Crippen molar-refractivity contribution in [2.45, 2.75) is 12.3 Å². The molecule has 0 bridgehead atoms. The van der Waals surface area contributed by atoms with Crippen LogP contribution >= 0.6 is 35.7 Å². The van der Waals surface area contributed by atoms with Crippen LogP contribution in [-0.2, 0) is 12.3 Å². The maximum Gasteiger partial charge on any atom is 0.133 e. The molecule has 0 unspecified atom stereocenters. The quantitative estimate of drug-likeness (QED) is 0.615. The lowest BCUT2D eigenvalue weighted by atomic mass is 10.4. The van der Waals surface area contributed by atoms with E-state index in [1.807, 2.05) is 32.1 Å². The largest absolute Gasteiger partial charge is 0.464 e. The van der Waals surface area contributed by atoms with Gasteiger partial charge in [0.1, 0.15) is 15.8 Å². The Bertz CT molecular complexity index is 366. The lowest BCUT2D eigenvalue weighted by Gasteiger charge is -2.06. The average Bonchev–Trinajstić information content (AvgIpc) is 2.75. The molecule has 0 aliphatic rings. The molecule has 0 saturated heterocycles. The summed E-state index contributed by atoms with van der Waals surface area (Å²) < 4.78 is 6.59. The number of nitrogens with one attached hydrogen (secondary N) is 1. The summed E-state index contributed by atoms with van der Waals surface area (Å²) in [6.07, 6.45) is 1.98. The van der Waals surface area contributed by atoms with E-state index in [1.165, 1.54) is 0 Å². The predicted octanol–water partition coefficient (Wildman–Crippen LogP) is 2.81. The first-order chi connectivity index (χ1) is 8.61. The van der Waals surface area contributed by atoms with E-state index in [1.54, 1.807) is 11.8 Å². The van der Waals surface area contributed by atoms with E-state index in [2.05, 4.69) is 22.3 Å². The molecule has 0 fully saturated rings. The van der Waals surface area contributed by atoms with Crippen molar-refractivity contribution in [2.75, 3.05) is 32.6 Å². The topological polar surface area (TPSA) is 28.4 Å². The first-order valence-electron chi connectivity index (χ1n) is 5.73. The van der Waals surface area contributed by atoms with Crippen LogP contribution in [0.4, 0.5) is 0 Å². The third-order valence-corrected chi connectivity index (χ3v) is 4.28. The highest BCUT2D eigenvalue weighted by Crippen LogP contribution is 2.15. The van der Waals surface area contributed by atoms with Gasteiger partial charge in [-0.3, -0.25) is 0 Å². The zero-order valence-corrected chi connectivity index (χ0v) is 13.5. The van der Waals surface area contributed by atoms with Gasteiger partial charge < -0.3 is 14.6 Å². The molecular weight excluding hydrogens is 284 g/mol. The molecule has 0 spiro atoms. The van der Waals surface area contributed by atoms with Gasteiger partial charge in [-0.25, -0.2) is 0 Å². The number of rotatable bonds is 7. The lowest BCUT2D eigenvalue weighted by Crippen LogP contribution is -2.20. The van der Waals surface area contributed by atoms with Gasteiger partial charge in [0.05, 0.1) is 12.3 Å². The highest BCUT2D eigenvalue weighted by atomic mass is 32.2. The minimum atomic E-state index is 0.855. The Labute approximate surface area is 123 Å². The number of furan rings is 1. The predicted molar refractivity (Wildman–Crippen MR) is 86.4 cm³/mol. The molecule has 0 aromatic carbocycles. The molecular formula is C12H20N2OS3. The van der Waals surface area contributed by atoms with Crippen molar-refractivity contribution < 1.29 is 4.42 Å². The van der Waals surface area contributed by atoms with Crippen molar-refractivity contribution >= 4 is 40.1 Å². The average molecular weight is 305 g/mol. The zero-order valence-electron chi connectivity index (χ0n) is 11.1. The standard InChI is InChI=1S/C12H20N2OS3/c1-14(2)8-10-4-5-11(15-10)9-18-7-6-13-12(16)17-3/h4-5H,6-9H2,1-3H3,(H,13,16). The van der Waals surface area contributed by atoms with Crippen LogP contribution in [0.2, 0.25) is 0 Å². The second kappa shape index (κ2) is 8.85. The molecule has 0 amide bonds. The Hall–Kier alpha value is -0.170. The van der Waals surface area contributed by atoms with Gasteiger partial charge >= 0.3 is 0 Å². The van der Waals surface area contributed by atoms with Crippen molar-refractivity contribution in [3.05, 3.63) is 23.7 Å². The highest BCUT2D eigenvalue weighted by Gasteiger charge is 2.03. The molecule has 0 aliphatic carbocycles. The summed E-state index contributed by atoms with van der Waals surface area (Å²) in [6.45, 7) is 1.77. The summed E-state index contributed by atoms with van der Waals surface area (Å²) in [5.74, 6) is 4.02. The summed E-state index contributed by atoms with van der Waals surface area (Å²) in [5.41, 5.74) is 0. The van der Waals surface area contributed by atoms with Gasteiger partial charge in [-0.1, -0.05) is 12.2 Å². The molecule has 0 radical (unpaired) electrons. The molecule has 1 N–H and O–H groups in total. The molecule has 1 aromatic heterocycles. The van der Waals surface area contributed by atoms with Crippen LogP contribution in [-0.4, -0.2) is 41.9 Å². The maximum atomic E-state index is 5.73. The number of nitrogens with zero attached hydrogens (tertiary/aromatic N) is 1. The lowest BCUT2D eigenvalue weighted by molar-refractivity contribution is 0.344. The minimum Gasteiger partial charge on any atom is -0.464 e. The SMILES string of the molecule is CSC(=S)NCCSCc1ccc(CN(C)C)o1. The van der Waals surface area contributed by atoms with Crippen LogP contribution in [0.3, 0.4) is 0 Å². The third-order valence-electron chi connectivity index (χ3n) is 2.13. The number of hydrogen-bond donors (Lipinski definition) is 1. The first-order valence-corrected chi connectivity index (χ1v) is 8.52. The van der Waals surface area contributed by atoms with Gasteiger partial charge in [-0.05, 0) is 32.5 Å². The molecule has 0 saturated carbocycles. The summed E-state index contributed by atoms with van der Waals surface area (Å²) >= 11 is 8.49. The zero-order chi connectivity index (χ0) is 13.4. The van der Waals surface area contributed by atoms with Gasteiger partial charge in [-0.15, -0.1) is 11.8 Å². The smallest absolute Gasteiger partial charge is 0.133 e. The first kappa shape index (κ1) is 15.9. The second-order valence-corrected chi connectivity index (χ2v) is 6.67. The molecule has 0 atom stereocenters. The molecule has 0 aliphatic heterocycles. The van der Waals surface area contributed by atoms with Crippen molar-refractivity contribution in [2.24, 2.45) is 0 Å². The van der Waals surface area contributed by atoms with Crippen molar-refractivity contribution in [3.8, 4) is 0 Å². The molecule has 1 heterocycles. The molecule has 1 aromatic rings. The van der Waals surface area contributed by atoms with Crippen molar-refractivity contribution in [1.82, 2.24) is 10.2 Å². The van der Waals surface area contributed by atoms with Crippen LogP contribution in [0.15, 0.2) is 16.5 Å². The van der Waals surface area contributed by atoms with Crippen LogP contribution < -0.4 is 5.32 Å². The molecule has 1 rings (SSSR count). The Morgan fingerprint density at radius 1 is 1.39 bits per heavy atom. The van der Waals surface area contributed by atoms with Crippen molar-refractivity contribution in [3.63, 3.8) is 0 Å². The van der Waals surface area contributed by atoms with Gasteiger partial charge in [-0.2, -0.15) is 11.8 Å². The fraction of sp³-hybridized carbons (Fsp3) is 0.583. The van der Waals surface area contributed by atoms with Crippen molar-refractivity contribution in [1.29, 1.82) is 0 Å². The Morgan fingerprint density at radius 2 is 2.11 bits per heavy atom. The Kier molecular flexibility index (Phi) is 7.81. The maximum absolute atomic E-state index is 5.73. The van der Waals surface area contributed by atoms with Crippen LogP contribution in [0, 0.1) is 0 Å². The van der Waals surface area contributed by atoms with Crippen LogP contribution in [0.5, 0.6) is 0 Å². The van der Waals surface area contributed by atoms with Gasteiger partial charge in [0, 0.05) is 12.3 Å². The number of hydrogen-bond acceptors (Lipinski definition) is 5. The molecule has 3 nitrogen and oxygen atoms in total. The molecule has 18 heavy (non-hydrogen) atoms. The van der Waals surface area contributed by atoms with Gasteiger partial charge in [0.25, 0.3) is 0 Å². The highest BCUT2D eigenvalue weighted by molar-refractivity contribution is 8.22. The monoisotopic (exact) mass is 304 g/mol. The third kappa shape index (κ3) is 6.68. The van der Waals surface area contributed by atoms with E-state index < -0.39 is 0 Å². The Morgan fingerprint density at radius 3 is 2.78 bits per heavy atom. The number of thioether (sulfide) groups is 2. The fourth-order valence-corrected chi connectivity index (χ4v) is 2.46. The minimum absolute atomic E-state index is 0.855. The summed E-state index contributed by atoms with van der Waals surface area (Å²) in [7, 11) is 4.08. The van der Waals surface area contributed by atoms with E-state index in [4.69, 9.17) is 16.6 Å². The van der Waals surface area contributed by atoms with E-state index in [-0.39, 0.29) is 0 Å². The van der Waals surface area contributed by atoms with E-state index in [0.29, 0.717) is 0 Å². The van der Waals surface area contributed by atoms with E-state index in [9.17, 15) is 0 Å². The molecule has 102 valence electrons. The van der Waals surface area contributed by atoms with Crippen LogP contribution in [0.25, 0.3) is 0 Å². The van der Waals surface area contributed by atoms with Gasteiger partial charge in [0.2, 0.25) is 0 Å². The normalized spacial score (nSPS) is 10.9. The van der Waals surface area contributed by atoms with Gasteiger partial charge in [0.15, 0.2) is 0 Å². The Balaban J connectivity index is 2.15. The second-order valence-electron chi connectivity index (χ2n) is 4.08. The van der Waals surface area contributed by atoms with Crippen LogP contribution in [0.1, 0.15) is 11.5 Å². The fourth-order valence-electron chi connectivity index (χ4n) is 1.37. The summed E-state index contributed by atoms with van der Waals surface area (Å²) in [5, 5.41) is 3.19.